The maximum Gasteiger partial charge on any atom is 0.223 e. The summed E-state index contributed by atoms with van der Waals surface area (Å²) in [5.74, 6) is 1.17. The van der Waals surface area contributed by atoms with Crippen molar-refractivity contribution in [3.05, 3.63) is 30.3 Å². The zero-order valence-electron chi connectivity index (χ0n) is 11.7. The van der Waals surface area contributed by atoms with Gasteiger partial charge in [-0.05, 0) is 6.26 Å². The second-order valence-electron chi connectivity index (χ2n) is 5.32. The van der Waals surface area contributed by atoms with Gasteiger partial charge in [-0.3, -0.25) is 4.79 Å². The van der Waals surface area contributed by atoms with Crippen LogP contribution in [0.1, 0.15) is 6.92 Å². The van der Waals surface area contributed by atoms with Crippen LogP contribution in [0.5, 0.6) is 0 Å². The van der Waals surface area contributed by atoms with Crippen molar-refractivity contribution < 1.29 is 4.79 Å². The van der Waals surface area contributed by atoms with Crippen LogP contribution in [0.2, 0.25) is 13.1 Å². The molecule has 0 aliphatic carbocycles. The predicted molar refractivity (Wildman–Crippen MR) is 84.1 cm³/mol. The van der Waals surface area contributed by atoms with E-state index in [1.165, 1.54) is 5.19 Å². The lowest BCUT2D eigenvalue weighted by Gasteiger charge is -2.24. The molecular formula is C14H23NOSSi. The number of rotatable bonds is 6. The quantitative estimate of drug-likeness (QED) is 0.810. The van der Waals surface area contributed by atoms with E-state index in [0.717, 1.165) is 11.9 Å². The summed E-state index contributed by atoms with van der Waals surface area (Å²) < 4.78 is 0. The summed E-state index contributed by atoms with van der Waals surface area (Å²) in [4.78, 5) is 11.9. The van der Waals surface area contributed by atoms with Gasteiger partial charge in [0.15, 0.2) is 0 Å². The SMILES string of the molecule is CSC[C@H](C)C(=O)NC[Si](C)(C)c1ccccc1. The lowest BCUT2D eigenvalue weighted by atomic mass is 10.2. The van der Waals surface area contributed by atoms with Gasteiger partial charge >= 0.3 is 0 Å². The Balaban J connectivity index is 2.55. The molecule has 0 radical (unpaired) electrons. The van der Waals surface area contributed by atoms with E-state index in [9.17, 15) is 4.79 Å². The van der Waals surface area contributed by atoms with Crippen molar-refractivity contribution in [1.82, 2.24) is 5.32 Å². The summed E-state index contributed by atoms with van der Waals surface area (Å²) in [5.41, 5.74) is 0. The molecule has 1 rings (SSSR count). The van der Waals surface area contributed by atoms with Crippen molar-refractivity contribution in [3.63, 3.8) is 0 Å². The Labute approximate surface area is 116 Å². The van der Waals surface area contributed by atoms with E-state index in [0.29, 0.717) is 0 Å². The average Bonchev–Trinajstić information content (AvgIpc) is 2.37. The molecule has 100 valence electrons. The molecule has 0 saturated heterocycles. The molecule has 2 nitrogen and oxygen atoms in total. The van der Waals surface area contributed by atoms with Gasteiger partial charge in [0.25, 0.3) is 0 Å². The van der Waals surface area contributed by atoms with E-state index in [1.807, 2.05) is 19.2 Å². The molecular weight excluding hydrogens is 258 g/mol. The highest BCUT2D eigenvalue weighted by Gasteiger charge is 2.24. The number of benzene rings is 1. The molecule has 4 heteroatoms. The predicted octanol–water partition coefficient (Wildman–Crippen LogP) is 2.26. The highest BCUT2D eigenvalue weighted by atomic mass is 32.2. The number of carbonyl (C=O) groups excluding carboxylic acids is 1. The molecule has 0 aliphatic heterocycles. The minimum absolute atomic E-state index is 0.0978. The van der Waals surface area contributed by atoms with Crippen LogP contribution >= 0.6 is 11.8 Å². The second-order valence-corrected chi connectivity index (χ2v) is 10.9. The summed E-state index contributed by atoms with van der Waals surface area (Å²) in [7, 11) is -1.55. The summed E-state index contributed by atoms with van der Waals surface area (Å²) in [6.07, 6.45) is 2.85. The molecule has 0 saturated carbocycles. The lowest BCUT2D eigenvalue weighted by molar-refractivity contribution is -0.123. The maximum atomic E-state index is 11.9. The third-order valence-corrected chi connectivity index (χ3v) is 6.91. The second kappa shape index (κ2) is 7.00. The maximum absolute atomic E-state index is 11.9. The minimum Gasteiger partial charge on any atom is -0.358 e. The van der Waals surface area contributed by atoms with Crippen LogP contribution in [0.3, 0.4) is 0 Å². The molecule has 0 unspecified atom stereocenters. The van der Waals surface area contributed by atoms with Gasteiger partial charge in [-0.25, -0.2) is 0 Å². The summed E-state index contributed by atoms with van der Waals surface area (Å²) in [5, 5.41) is 4.51. The number of nitrogens with one attached hydrogen (secondary N) is 1. The van der Waals surface area contributed by atoms with Gasteiger partial charge in [0.2, 0.25) is 5.91 Å². The summed E-state index contributed by atoms with van der Waals surface area (Å²) >= 11 is 1.72. The molecule has 0 fully saturated rings. The largest absolute Gasteiger partial charge is 0.358 e. The fourth-order valence-electron chi connectivity index (χ4n) is 1.80. The zero-order chi connectivity index (χ0) is 13.6. The molecule has 0 aromatic heterocycles. The van der Waals surface area contributed by atoms with Crippen LogP contribution in [-0.4, -0.2) is 32.2 Å². The minimum atomic E-state index is -1.55. The fraction of sp³-hybridized carbons (Fsp3) is 0.500. The van der Waals surface area contributed by atoms with Crippen LogP contribution in [-0.2, 0) is 4.79 Å². The van der Waals surface area contributed by atoms with Crippen LogP contribution in [0.15, 0.2) is 30.3 Å². The smallest absolute Gasteiger partial charge is 0.223 e. The van der Waals surface area contributed by atoms with E-state index < -0.39 is 8.07 Å². The van der Waals surface area contributed by atoms with Crippen LogP contribution < -0.4 is 10.5 Å². The first-order chi connectivity index (χ1) is 8.47. The van der Waals surface area contributed by atoms with Gasteiger partial charge in [0, 0.05) is 17.8 Å². The lowest BCUT2D eigenvalue weighted by Crippen LogP contribution is -2.52. The van der Waals surface area contributed by atoms with Crippen molar-refractivity contribution in [2.75, 3.05) is 18.2 Å². The van der Waals surface area contributed by atoms with Crippen molar-refractivity contribution >= 4 is 30.9 Å². The molecule has 0 aliphatic rings. The average molecular weight is 281 g/mol. The Morgan fingerprint density at radius 1 is 1.33 bits per heavy atom. The van der Waals surface area contributed by atoms with Gasteiger partial charge in [-0.15, -0.1) is 0 Å². The van der Waals surface area contributed by atoms with Gasteiger partial charge in [0.05, 0.1) is 0 Å². The Kier molecular flexibility index (Phi) is 5.95. The number of amides is 1. The van der Waals surface area contributed by atoms with Crippen molar-refractivity contribution in [1.29, 1.82) is 0 Å². The topological polar surface area (TPSA) is 29.1 Å². The molecule has 0 bridgehead atoms. The highest BCUT2D eigenvalue weighted by Crippen LogP contribution is 2.06. The third-order valence-electron chi connectivity index (χ3n) is 3.12. The fourth-order valence-corrected chi connectivity index (χ4v) is 4.37. The monoisotopic (exact) mass is 281 g/mol. The van der Waals surface area contributed by atoms with Gasteiger partial charge in [-0.2, -0.15) is 11.8 Å². The third kappa shape index (κ3) is 4.50. The molecule has 1 aromatic carbocycles. The molecule has 1 N–H and O–H groups in total. The number of hydrogen-bond acceptors (Lipinski definition) is 2. The van der Waals surface area contributed by atoms with E-state index in [1.54, 1.807) is 11.8 Å². The van der Waals surface area contributed by atoms with Crippen LogP contribution in [0.4, 0.5) is 0 Å². The van der Waals surface area contributed by atoms with Gasteiger partial charge in [0.1, 0.15) is 8.07 Å². The molecule has 1 atom stereocenters. The Bertz CT molecular complexity index is 381. The Morgan fingerprint density at radius 2 is 1.94 bits per heavy atom. The van der Waals surface area contributed by atoms with E-state index in [2.05, 4.69) is 42.7 Å². The first-order valence-corrected chi connectivity index (χ1v) is 10.9. The number of thioether (sulfide) groups is 1. The molecule has 18 heavy (non-hydrogen) atoms. The molecule has 1 aromatic rings. The van der Waals surface area contributed by atoms with Gasteiger partial charge in [-0.1, -0.05) is 55.5 Å². The normalized spacial score (nSPS) is 13.1. The van der Waals surface area contributed by atoms with Crippen LogP contribution in [0.25, 0.3) is 0 Å². The first kappa shape index (κ1) is 15.3. The van der Waals surface area contributed by atoms with Crippen molar-refractivity contribution in [2.45, 2.75) is 20.0 Å². The number of carbonyl (C=O) groups is 1. The van der Waals surface area contributed by atoms with Gasteiger partial charge < -0.3 is 5.32 Å². The van der Waals surface area contributed by atoms with E-state index >= 15 is 0 Å². The standard InChI is InChI=1S/C14H23NOSSi/c1-12(10-17-2)14(16)15-11-18(3,4)13-8-6-5-7-9-13/h5-9,12H,10-11H2,1-4H3,(H,15,16)/t12-/m0/s1. The molecule has 0 heterocycles. The van der Waals surface area contributed by atoms with E-state index in [-0.39, 0.29) is 11.8 Å². The summed E-state index contributed by atoms with van der Waals surface area (Å²) in [6.45, 7) is 6.58. The zero-order valence-corrected chi connectivity index (χ0v) is 13.5. The molecule has 0 spiro atoms. The summed E-state index contributed by atoms with van der Waals surface area (Å²) in [6, 6.07) is 10.5. The Hall–Kier alpha value is -0.743. The number of hydrogen-bond donors (Lipinski definition) is 1. The molecule has 1 amide bonds. The van der Waals surface area contributed by atoms with Crippen molar-refractivity contribution in [2.24, 2.45) is 5.92 Å². The van der Waals surface area contributed by atoms with Crippen molar-refractivity contribution in [3.8, 4) is 0 Å². The first-order valence-electron chi connectivity index (χ1n) is 6.29. The van der Waals surface area contributed by atoms with E-state index in [4.69, 9.17) is 0 Å². The Morgan fingerprint density at radius 3 is 2.50 bits per heavy atom. The highest BCUT2D eigenvalue weighted by molar-refractivity contribution is 7.98. The van der Waals surface area contributed by atoms with Crippen LogP contribution in [0, 0.1) is 5.92 Å².